The molecule has 0 amide bonds. The van der Waals surface area contributed by atoms with Crippen molar-refractivity contribution in [1.29, 1.82) is 0 Å². The molecule has 1 heterocycles. The van der Waals surface area contributed by atoms with E-state index >= 15 is 0 Å². The quantitative estimate of drug-likeness (QED) is 0.618. The van der Waals surface area contributed by atoms with Crippen molar-refractivity contribution in [2.45, 2.75) is 0 Å². The molecule has 3 aromatic rings. The van der Waals surface area contributed by atoms with Gasteiger partial charge in [-0.3, -0.25) is 4.52 Å². The van der Waals surface area contributed by atoms with Crippen molar-refractivity contribution >= 4 is 34.2 Å². The summed E-state index contributed by atoms with van der Waals surface area (Å²) in [6, 6.07) is 14.6. The van der Waals surface area contributed by atoms with Crippen LogP contribution in [-0.4, -0.2) is 9.72 Å². The zero-order valence-electron chi connectivity index (χ0n) is 10.1. The number of nitrogens with zero attached hydrogens (tertiary/aromatic N) is 2. The Morgan fingerprint density at radius 2 is 1.70 bits per heavy atom. The average Bonchev–Trinajstić information content (AvgIpc) is 2.83. The van der Waals surface area contributed by atoms with Gasteiger partial charge in [-0.25, -0.2) is 9.36 Å². The van der Waals surface area contributed by atoms with Crippen LogP contribution >= 0.6 is 34.2 Å². The van der Waals surface area contributed by atoms with Crippen LogP contribution in [0.5, 0.6) is 0 Å². The minimum atomic E-state index is -0.517. The van der Waals surface area contributed by atoms with E-state index in [-0.39, 0.29) is 0 Å². The van der Waals surface area contributed by atoms with Crippen LogP contribution < -0.4 is 5.76 Å². The fourth-order valence-electron chi connectivity index (χ4n) is 1.85. The summed E-state index contributed by atoms with van der Waals surface area (Å²) in [5.74, 6) is -0.0657. The summed E-state index contributed by atoms with van der Waals surface area (Å²) in [5.41, 5.74) is 1.47. The minimum Gasteiger partial charge on any atom is -0.295 e. The molecule has 100 valence electrons. The maximum Gasteiger partial charge on any atom is 0.446 e. The zero-order chi connectivity index (χ0) is 14.1. The van der Waals surface area contributed by atoms with E-state index in [1.807, 2.05) is 24.3 Å². The Bertz CT molecular complexity index is 791. The molecular weight excluding hydrogens is 391 g/mol. The Morgan fingerprint density at radius 1 is 1.05 bits per heavy atom. The van der Waals surface area contributed by atoms with Gasteiger partial charge in [0.15, 0.2) is 5.82 Å². The number of hydrogen-bond acceptors (Lipinski definition) is 3. The van der Waals surface area contributed by atoms with E-state index in [1.54, 1.807) is 24.3 Å². The van der Waals surface area contributed by atoms with Crippen LogP contribution in [0.3, 0.4) is 0 Å². The predicted molar refractivity (Wildman–Crippen MR) is 85.3 cm³/mol. The van der Waals surface area contributed by atoms with Gasteiger partial charge in [-0.2, -0.15) is 0 Å². The second-order valence-corrected chi connectivity index (χ2v) is 5.77. The summed E-state index contributed by atoms with van der Waals surface area (Å²) in [6.07, 6.45) is 0. The van der Waals surface area contributed by atoms with Gasteiger partial charge in [-0.1, -0.05) is 16.8 Å². The van der Waals surface area contributed by atoms with Crippen molar-refractivity contribution in [2.24, 2.45) is 0 Å². The summed E-state index contributed by atoms with van der Waals surface area (Å²) >= 11 is 8.07. The Kier molecular flexibility index (Phi) is 3.62. The van der Waals surface area contributed by atoms with E-state index in [0.29, 0.717) is 16.5 Å². The van der Waals surface area contributed by atoms with E-state index in [0.717, 1.165) is 9.13 Å². The molecule has 6 heteroatoms. The third-order valence-corrected chi connectivity index (χ3v) is 3.76. The molecule has 0 atom stereocenters. The van der Waals surface area contributed by atoms with Crippen LogP contribution in [0.25, 0.3) is 17.1 Å². The summed E-state index contributed by atoms with van der Waals surface area (Å²) in [4.78, 5) is 11.9. The van der Waals surface area contributed by atoms with Crippen molar-refractivity contribution in [3.05, 3.63) is 67.7 Å². The van der Waals surface area contributed by atoms with E-state index in [2.05, 4.69) is 27.7 Å². The third-order valence-electron chi connectivity index (χ3n) is 2.79. The first-order valence-electron chi connectivity index (χ1n) is 5.76. The molecule has 0 bridgehead atoms. The van der Waals surface area contributed by atoms with Gasteiger partial charge in [0.2, 0.25) is 0 Å². The molecule has 0 aliphatic heterocycles. The Labute approximate surface area is 133 Å². The van der Waals surface area contributed by atoms with Crippen molar-refractivity contribution in [2.75, 3.05) is 0 Å². The molecular formula is C14H8ClIN2O2. The molecule has 20 heavy (non-hydrogen) atoms. The normalized spacial score (nSPS) is 10.7. The summed E-state index contributed by atoms with van der Waals surface area (Å²) < 4.78 is 7.30. The van der Waals surface area contributed by atoms with Gasteiger partial charge < -0.3 is 0 Å². The van der Waals surface area contributed by atoms with Gasteiger partial charge in [0.1, 0.15) is 0 Å². The maximum absolute atomic E-state index is 11.9. The van der Waals surface area contributed by atoms with E-state index in [9.17, 15) is 4.79 Å². The molecule has 0 aliphatic carbocycles. The highest BCUT2D eigenvalue weighted by Crippen LogP contribution is 2.21. The van der Waals surface area contributed by atoms with Gasteiger partial charge >= 0.3 is 5.76 Å². The number of halogens is 2. The van der Waals surface area contributed by atoms with Crippen LogP contribution in [-0.2, 0) is 0 Å². The smallest absolute Gasteiger partial charge is 0.295 e. The molecule has 0 spiro atoms. The SMILES string of the molecule is O=c1onc(-c2ccc(Cl)cc2)n1-c1ccc(I)cc1. The van der Waals surface area contributed by atoms with Crippen molar-refractivity contribution < 1.29 is 4.52 Å². The molecule has 0 N–H and O–H groups in total. The highest BCUT2D eigenvalue weighted by Gasteiger charge is 2.14. The molecule has 0 fully saturated rings. The van der Waals surface area contributed by atoms with E-state index in [4.69, 9.17) is 16.1 Å². The Balaban J connectivity index is 2.17. The molecule has 0 aliphatic rings. The summed E-state index contributed by atoms with van der Waals surface area (Å²) in [6.45, 7) is 0. The molecule has 4 nitrogen and oxygen atoms in total. The topological polar surface area (TPSA) is 48.0 Å². The van der Waals surface area contributed by atoms with Crippen molar-refractivity contribution in [3.8, 4) is 17.1 Å². The fourth-order valence-corrected chi connectivity index (χ4v) is 2.33. The lowest BCUT2D eigenvalue weighted by Crippen LogP contribution is -2.13. The minimum absolute atomic E-state index is 0.452. The highest BCUT2D eigenvalue weighted by molar-refractivity contribution is 14.1. The summed E-state index contributed by atoms with van der Waals surface area (Å²) in [7, 11) is 0. The lowest BCUT2D eigenvalue weighted by molar-refractivity contribution is 0.383. The largest absolute Gasteiger partial charge is 0.446 e. The molecule has 0 radical (unpaired) electrons. The van der Waals surface area contributed by atoms with Crippen LogP contribution in [0, 0.1) is 3.57 Å². The fraction of sp³-hybridized carbons (Fsp3) is 0. The maximum atomic E-state index is 11.9. The molecule has 3 rings (SSSR count). The number of benzene rings is 2. The monoisotopic (exact) mass is 398 g/mol. The highest BCUT2D eigenvalue weighted by atomic mass is 127. The molecule has 0 unspecified atom stereocenters. The van der Waals surface area contributed by atoms with Crippen molar-refractivity contribution in [1.82, 2.24) is 9.72 Å². The number of rotatable bonds is 2. The second kappa shape index (κ2) is 5.41. The summed E-state index contributed by atoms with van der Waals surface area (Å²) in [5, 5.41) is 4.47. The third kappa shape index (κ3) is 2.51. The lowest BCUT2D eigenvalue weighted by atomic mass is 10.2. The van der Waals surface area contributed by atoms with Crippen LogP contribution in [0.15, 0.2) is 57.8 Å². The molecule has 0 saturated carbocycles. The second-order valence-electron chi connectivity index (χ2n) is 4.09. The Hall–Kier alpha value is -1.60. The lowest BCUT2D eigenvalue weighted by Gasteiger charge is -2.04. The van der Waals surface area contributed by atoms with Crippen LogP contribution in [0.4, 0.5) is 0 Å². The average molecular weight is 399 g/mol. The first kappa shape index (κ1) is 13.4. The number of hydrogen-bond donors (Lipinski definition) is 0. The first-order chi connectivity index (χ1) is 9.65. The molecule has 2 aromatic carbocycles. The van der Waals surface area contributed by atoms with Crippen LogP contribution in [0.1, 0.15) is 0 Å². The van der Waals surface area contributed by atoms with Gasteiger partial charge in [-0.15, -0.1) is 0 Å². The zero-order valence-corrected chi connectivity index (χ0v) is 13.0. The van der Waals surface area contributed by atoms with Gasteiger partial charge in [0, 0.05) is 14.2 Å². The van der Waals surface area contributed by atoms with Crippen LogP contribution in [0.2, 0.25) is 5.02 Å². The molecule has 1 aromatic heterocycles. The van der Waals surface area contributed by atoms with E-state index in [1.165, 1.54) is 4.57 Å². The van der Waals surface area contributed by atoms with E-state index < -0.39 is 5.76 Å². The standard InChI is InChI=1S/C14H8ClIN2O2/c15-10-3-1-9(2-4-10)13-17-20-14(19)18(13)12-7-5-11(16)6-8-12/h1-8H. The predicted octanol–water partition coefficient (Wildman–Crippen LogP) is 3.75. The van der Waals surface area contributed by atoms with Gasteiger partial charge in [0.25, 0.3) is 0 Å². The number of aromatic nitrogens is 2. The first-order valence-corrected chi connectivity index (χ1v) is 7.21. The van der Waals surface area contributed by atoms with Gasteiger partial charge in [-0.05, 0) is 71.1 Å². The Morgan fingerprint density at radius 3 is 2.35 bits per heavy atom. The van der Waals surface area contributed by atoms with Crippen molar-refractivity contribution in [3.63, 3.8) is 0 Å². The van der Waals surface area contributed by atoms with Gasteiger partial charge in [0.05, 0.1) is 5.69 Å². The molecule has 0 saturated heterocycles.